The lowest BCUT2D eigenvalue weighted by Gasteiger charge is -2.28. The van der Waals surface area contributed by atoms with Gasteiger partial charge in [0.05, 0.1) is 24.2 Å². The zero-order valence-electron chi connectivity index (χ0n) is 16.1. The number of furan rings is 1. The van der Waals surface area contributed by atoms with Gasteiger partial charge in [-0.15, -0.1) is 0 Å². The van der Waals surface area contributed by atoms with Gasteiger partial charge in [0, 0.05) is 23.5 Å². The lowest BCUT2D eigenvalue weighted by atomic mass is 10.1. The average Bonchev–Trinajstić information content (AvgIpc) is 3.23. The first-order chi connectivity index (χ1) is 13.8. The maximum Gasteiger partial charge on any atom is 0.227 e. The summed E-state index contributed by atoms with van der Waals surface area (Å²) in [7, 11) is -3.15. The van der Waals surface area contributed by atoms with Gasteiger partial charge in [-0.05, 0) is 42.7 Å². The highest BCUT2D eigenvalue weighted by Crippen LogP contribution is 2.25. The summed E-state index contributed by atoms with van der Waals surface area (Å²) in [6, 6.07) is 11.4. The molecule has 1 fully saturated rings. The molecule has 152 valence electrons. The molecular weight excluding hydrogens is 393 g/mol. The van der Waals surface area contributed by atoms with Gasteiger partial charge in [0.1, 0.15) is 11.4 Å². The van der Waals surface area contributed by atoms with Crippen LogP contribution in [0.4, 0.5) is 4.39 Å². The van der Waals surface area contributed by atoms with Crippen molar-refractivity contribution in [2.24, 2.45) is 0 Å². The van der Waals surface area contributed by atoms with Crippen LogP contribution < -0.4 is 0 Å². The number of amides is 1. The van der Waals surface area contributed by atoms with E-state index >= 15 is 0 Å². The Bertz CT molecular complexity index is 1150. The number of hydrogen-bond donors (Lipinski definition) is 0. The predicted molar refractivity (Wildman–Crippen MR) is 109 cm³/mol. The summed E-state index contributed by atoms with van der Waals surface area (Å²) in [5.74, 6) is -0.473. The van der Waals surface area contributed by atoms with Crippen LogP contribution in [0.3, 0.4) is 0 Å². The zero-order valence-corrected chi connectivity index (χ0v) is 16.9. The van der Waals surface area contributed by atoms with E-state index in [1.807, 2.05) is 25.1 Å². The summed E-state index contributed by atoms with van der Waals surface area (Å²) in [5.41, 5.74) is 3.33. The van der Waals surface area contributed by atoms with Crippen LogP contribution in [-0.4, -0.2) is 36.8 Å². The van der Waals surface area contributed by atoms with E-state index in [0.717, 1.165) is 27.7 Å². The highest BCUT2D eigenvalue weighted by atomic mass is 32.2. The van der Waals surface area contributed by atoms with Gasteiger partial charge in [-0.1, -0.05) is 24.3 Å². The molecular formula is C22H22FNO4S. The average molecular weight is 415 g/mol. The monoisotopic (exact) mass is 415 g/mol. The normalized spacial score (nSPS) is 18.2. The standard InChI is InChI=1S/C22H22FNO4S/c1-15-2-7-20-17(13-28-21(20)10-15)11-22(25)24(19-8-9-29(26,27)14-19)12-16-3-5-18(23)6-4-16/h2-7,10,13,19H,8-9,11-12,14H2,1H3/t19-/m0/s1. The molecule has 0 unspecified atom stereocenters. The van der Waals surface area contributed by atoms with E-state index in [2.05, 4.69) is 0 Å². The second kappa shape index (κ2) is 7.63. The van der Waals surface area contributed by atoms with Gasteiger partial charge in [-0.2, -0.15) is 0 Å². The molecule has 7 heteroatoms. The number of sulfone groups is 1. The van der Waals surface area contributed by atoms with Crippen molar-refractivity contribution in [2.75, 3.05) is 11.5 Å². The van der Waals surface area contributed by atoms with Crippen molar-refractivity contribution in [3.05, 3.63) is 71.2 Å². The molecule has 1 saturated heterocycles. The fraction of sp³-hybridized carbons (Fsp3) is 0.318. The van der Waals surface area contributed by atoms with Crippen molar-refractivity contribution >= 4 is 26.7 Å². The number of halogens is 1. The van der Waals surface area contributed by atoms with Gasteiger partial charge >= 0.3 is 0 Å². The first kappa shape index (κ1) is 19.6. The van der Waals surface area contributed by atoms with Crippen LogP contribution in [0.1, 0.15) is 23.1 Å². The minimum Gasteiger partial charge on any atom is -0.464 e. The smallest absolute Gasteiger partial charge is 0.227 e. The van der Waals surface area contributed by atoms with Crippen molar-refractivity contribution in [2.45, 2.75) is 32.4 Å². The third kappa shape index (κ3) is 4.34. The van der Waals surface area contributed by atoms with Crippen LogP contribution in [0.5, 0.6) is 0 Å². The van der Waals surface area contributed by atoms with Crippen molar-refractivity contribution in [3.8, 4) is 0 Å². The maximum atomic E-state index is 13.2. The molecule has 1 atom stereocenters. The van der Waals surface area contributed by atoms with Crippen LogP contribution >= 0.6 is 0 Å². The number of nitrogens with zero attached hydrogens (tertiary/aromatic N) is 1. The molecule has 0 spiro atoms. The lowest BCUT2D eigenvalue weighted by Crippen LogP contribution is -2.41. The minimum atomic E-state index is -3.15. The van der Waals surface area contributed by atoms with Crippen LogP contribution in [0.15, 0.2) is 53.1 Å². The number of carbonyl (C=O) groups is 1. The quantitative estimate of drug-likeness (QED) is 0.638. The Labute approximate surface area is 169 Å². The molecule has 3 aromatic rings. The molecule has 29 heavy (non-hydrogen) atoms. The third-order valence-electron chi connectivity index (χ3n) is 5.39. The molecule has 0 aliphatic carbocycles. The lowest BCUT2D eigenvalue weighted by molar-refractivity contribution is -0.133. The van der Waals surface area contributed by atoms with E-state index in [0.29, 0.717) is 6.42 Å². The van der Waals surface area contributed by atoms with Gasteiger partial charge in [-0.3, -0.25) is 4.79 Å². The summed E-state index contributed by atoms with van der Waals surface area (Å²) in [5, 5.41) is 0.879. The zero-order chi connectivity index (χ0) is 20.6. The largest absolute Gasteiger partial charge is 0.464 e. The number of aryl methyl sites for hydroxylation is 1. The van der Waals surface area contributed by atoms with E-state index in [4.69, 9.17) is 4.42 Å². The fourth-order valence-electron chi connectivity index (χ4n) is 3.82. The molecule has 4 rings (SSSR count). The van der Waals surface area contributed by atoms with Gasteiger partial charge in [0.2, 0.25) is 5.91 Å². The van der Waals surface area contributed by atoms with Gasteiger partial charge in [0.15, 0.2) is 9.84 Å². The minimum absolute atomic E-state index is 0.0364. The Morgan fingerprint density at radius 3 is 2.66 bits per heavy atom. The summed E-state index contributed by atoms with van der Waals surface area (Å²) in [6.45, 7) is 2.21. The van der Waals surface area contributed by atoms with E-state index in [1.54, 1.807) is 23.3 Å². The van der Waals surface area contributed by atoms with E-state index in [-0.39, 0.29) is 42.2 Å². The first-order valence-corrected chi connectivity index (χ1v) is 11.3. The van der Waals surface area contributed by atoms with E-state index in [1.165, 1.54) is 12.1 Å². The van der Waals surface area contributed by atoms with E-state index < -0.39 is 9.84 Å². The highest BCUT2D eigenvalue weighted by molar-refractivity contribution is 7.91. The summed E-state index contributed by atoms with van der Waals surface area (Å²) >= 11 is 0. The molecule has 5 nitrogen and oxygen atoms in total. The SMILES string of the molecule is Cc1ccc2c(CC(=O)N(Cc3ccc(F)cc3)[C@H]3CCS(=O)(=O)C3)coc2c1. The van der Waals surface area contributed by atoms with Crippen LogP contribution in [0.2, 0.25) is 0 Å². The number of hydrogen-bond acceptors (Lipinski definition) is 4. The molecule has 0 bridgehead atoms. The molecule has 1 aliphatic heterocycles. The highest BCUT2D eigenvalue weighted by Gasteiger charge is 2.34. The van der Waals surface area contributed by atoms with Crippen molar-refractivity contribution in [3.63, 3.8) is 0 Å². The van der Waals surface area contributed by atoms with Gasteiger partial charge in [0.25, 0.3) is 0 Å². The molecule has 0 radical (unpaired) electrons. The Morgan fingerprint density at radius 1 is 1.21 bits per heavy atom. The number of fused-ring (bicyclic) bond motifs is 1. The summed E-state index contributed by atoms with van der Waals surface area (Å²) in [6.07, 6.45) is 2.12. The predicted octanol–water partition coefficient (Wildman–Crippen LogP) is 3.64. The van der Waals surface area contributed by atoms with Crippen molar-refractivity contribution < 1.29 is 22.0 Å². The van der Waals surface area contributed by atoms with E-state index in [9.17, 15) is 17.6 Å². The Kier molecular flexibility index (Phi) is 5.17. The molecule has 0 saturated carbocycles. The van der Waals surface area contributed by atoms with Crippen LogP contribution in [0, 0.1) is 12.7 Å². The van der Waals surface area contributed by atoms with Crippen molar-refractivity contribution in [1.29, 1.82) is 0 Å². The van der Waals surface area contributed by atoms with Gasteiger partial charge < -0.3 is 9.32 Å². The van der Waals surface area contributed by atoms with Crippen LogP contribution in [-0.2, 0) is 27.6 Å². The fourth-order valence-corrected chi connectivity index (χ4v) is 5.55. The molecule has 0 N–H and O–H groups in total. The number of benzene rings is 2. The Balaban J connectivity index is 1.60. The second-order valence-electron chi connectivity index (χ2n) is 7.64. The third-order valence-corrected chi connectivity index (χ3v) is 7.14. The summed E-state index contributed by atoms with van der Waals surface area (Å²) in [4.78, 5) is 14.8. The molecule has 1 amide bonds. The Hall–Kier alpha value is -2.67. The number of carbonyl (C=O) groups excluding carboxylic acids is 1. The molecule has 1 aliphatic rings. The van der Waals surface area contributed by atoms with Crippen molar-refractivity contribution in [1.82, 2.24) is 4.90 Å². The molecule has 1 aromatic heterocycles. The topological polar surface area (TPSA) is 67.6 Å². The second-order valence-corrected chi connectivity index (χ2v) is 9.87. The first-order valence-electron chi connectivity index (χ1n) is 9.52. The molecule has 2 heterocycles. The summed E-state index contributed by atoms with van der Waals surface area (Å²) < 4.78 is 42.8. The Morgan fingerprint density at radius 2 is 1.97 bits per heavy atom. The van der Waals surface area contributed by atoms with Gasteiger partial charge in [-0.25, -0.2) is 12.8 Å². The van der Waals surface area contributed by atoms with Crippen LogP contribution in [0.25, 0.3) is 11.0 Å². The maximum absolute atomic E-state index is 13.2. The number of rotatable bonds is 5. The molecule has 2 aromatic carbocycles.